The highest BCUT2D eigenvalue weighted by atomic mass is 16.5. The number of rotatable bonds is 3. The van der Waals surface area contributed by atoms with Crippen LogP contribution in [0, 0.1) is 18.3 Å². The fraction of sp³-hybridized carbons (Fsp3) is 0.333. The molecule has 2 aromatic rings. The van der Waals surface area contributed by atoms with Gasteiger partial charge in [-0.15, -0.1) is 0 Å². The minimum atomic E-state index is 0.387. The smallest absolute Gasteiger partial charge is 0.163 e. The molecular formula is C15H16N4O. The number of nitriles is 1. The standard InChI is InChI=1S/C15H16N4O/c1-11-3-2-4-12(7-11)20-10-15-18-13(8-16)14-9-17-5-6-19(14)15/h2-4,7,17H,5-6,9-10H2,1H3. The average molecular weight is 268 g/mol. The molecule has 0 atom stereocenters. The van der Waals surface area contributed by atoms with Crippen LogP contribution in [-0.2, 0) is 19.7 Å². The minimum absolute atomic E-state index is 0.387. The molecular weight excluding hydrogens is 252 g/mol. The molecule has 0 saturated carbocycles. The summed E-state index contributed by atoms with van der Waals surface area (Å²) in [4.78, 5) is 4.38. The van der Waals surface area contributed by atoms with Gasteiger partial charge in [-0.25, -0.2) is 4.98 Å². The van der Waals surface area contributed by atoms with Gasteiger partial charge < -0.3 is 14.6 Å². The van der Waals surface area contributed by atoms with Crippen molar-refractivity contribution in [1.29, 1.82) is 5.26 Å². The Balaban J connectivity index is 1.81. The Labute approximate surface area is 117 Å². The predicted octanol–water partition coefficient (Wildman–Crippen LogP) is 1.75. The highest BCUT2D eigenvalue weighted by Crippen LogP contribution is 2.18. The lowest BCUT2D eigenvalue weighted by Gasteiger charge is -2.18. The van der Waals surface area contributed by atoms with Gasteiger partial charge in [0, 0.05) is 19.6 Å². The molecule has 0 aliphatic carbocycles. The molecule has 1 aromatic heterocycles. The molecule has 102 valence electrons. The van der Waals surface area contributed by atoms with Crippen LogP contribution in [0.2, 0.25) is 0 Å². The van der Waals surface area contributed by atoms with Gasteiger partial charge in [0.25, 0.3) is 0 Å². The maximum absolute atomic E-state index is 9.13. The largest absolute Gasteiger partial charge is 0.486 e. The number of fused-ring (bicyclic) bond motifs is 1. The van der Waals surface area contributed by atoms with Crippen LogP contribution in [0.25, 0.3) is 0 Å². The first-order valence-corrected chi connectivity index (χ1v) is 6.66. The number of hydrogen-bond donors (Lipinski definition) is 1. The van der Waals surface area contributed by atoms with E-state index in [4.69, 9.17) is 10.00 Å². The molecule has 0 saturated heterocycles. The molecule has 1 N–H and O–H groups in total. The lowest BCUT2D eigenvalue weighted by Crippen LogP contribution is -2.29. The van der Waals surface area contributed by atoms with E-state index in [1.54, 1.807) is 0 Å². The van der Waals surface area contributed by atoms with Gasteiger partial charge in [0.15, 0.2) is 5.69 Å². The van der Waals surface area contributed by atoms with Crippen molar-refractivity contribution in [2.24, 2.45) is 0 Å². The number of aromatic nitrogens is 2. The molecule has 1 aliphatic heterocycles. The van der Waals surface area contributed by atoms with Gasteiger partial charge in [-0.2, -0.15) is 5.26 Å². The van der Waals surface area contributed by atoms with E-state index < -0.39 is 0 Å². The van der Waals surface area contributed by atoms with E-state index in [0.29, 0.717) is 18.8 Å². The van der Waals surface area contributed by atoms with Crippen molar-refractivity contribution >= 4 is 0 Å². The average Bonchev–Trinajstić information content (AvgIpc) is 2.83. The van der Waals surface area contributed by atoms with Crippen molar-refractivity contribution in [2.75, 3.05) is 6.54 Å². The minimum Gasteiger partial charge on any atom is -0.486 e. The summed E-state index contributed by atoms with van der Waals surface area (Å²) >= 11 is 0. The molecule has 5 nitrogen and oxygen atoms in total. The predicted molar refractivity (Wildman–Crippen MR) is 74.2 cm³/mol. The van der Waals surface area contributed by atoms with E-state index in [0.717, 1.165) is 35.9 Å². The van der Waals surface area contributed by atoms with Gasteiger partial charge in [0.05, 0.1) is 5.69 Å². The SMILES string of the molecule is Cc1cccc(OCc2nc(C#N)c3n2CCNC3)c1. The van der Waals surface area contributed by atoms with Gasteiger partial charge in [-0.05, 0) is 24.6 Å². The van der Waals surface area contributed by atoms with Crippen LogP contribution >= 0.6 is 0 Å². The summed E-state index contributed by atoms with van der Waals surface area (Å²) in [5.74, 6) is 1.65. The Morgan fingerprint density at radius 2 is 2.40 bits per heavy atom. The van der Waals surface area contributed by atoms with Crippen molar-refractivity contribution in [3.05, 3.63) is 47.0 Å². The Hall–Kier alpha value is -2.32. The number of benzene rings is 1. The Bertz CT molecular complexity index is 669. The first kappa shape index (κ1) is 12.7. The topological polar surface area (TPSA) is 62.9 Å². The van der Waals surface area contributed by atoms with E-state index in [-0.39, 0.29) is 0 Å². The third kappa shape index (κ3) is 2.38. The van der Waals surface area contributed by atoms with Crippen LogP contribution in [0.1, 0.15) is 22.8 Å². The quantitative estimate of drug-likeness (QED) is 0.921. The van der Waals surface area contributed by atoms with Crippen LogP contribution in [0.3, 0.4) is 0 Å². The van der Waals surface area contributed by atoms with Gasteiger partial charge in [-0.1, -0.05) is 12.1 Å². The van der Waals surface area contributed by atoms with Crippen LogP contribution in [0.15, 0.2) is 24.3 Å². The van der Waals surface area contributed by atoms with Crippen molar-refractivity contribution in [2.45, 2.75) is 26.6 Å². The number of imidazole rings is 1. The molecule has 0 spiro atoms. The van der Waals surface area contributed by atoms with E-state index in [1.807, 2.05) is 31.2 Å². The van der Waals surface area contributed by atoms with E-state index in [1.165, 1.54) is 0 Å². The second-order valence-electron chi connectivity index (χ2n) is 4.87. The number of aryl methyl sites for hydroxylation is 1. The van der Waals surface area contributed by atoms with E-state index in [2.05, 4.69) is 20.9 Å². The molecule has 0 bridgehead atoms. The van der Waals surface area contributed by atoms with Crippen molar-refractivity contribution in [3.8, 4) is 11.8 Å². The summed E-state index contributed by atoms with van der Waals surface area (Å²) in [6.45, 7) is 4.84. The second kappa shape index (κ2) is 5.35. The lowest BCUT2D eigenvalue weighted by atomic mass is 10.2. The van der Waals surface area contributed by atoms with Crippen molar-refractivity contribution < 1.29 is 4.74 Å². The van der Waals surface area contributed by atoms with Crippen LogP contribution in [-0.4, -0.2) is 16.1 Å². The molecule has 20 heavy (non-hydrogen) atoms. The Morgan fingerprint density at radius 3 is 3.20 bits per heavy atom. The van der Waals surface area contributed by atoms with Crippen LogP contribution in [0.5, 0.6) is 5.75 Å². The van der Waals surface area contributed by atoms with Gasteiger partial charge in [0.1, 0.15) is 24.3 Å². The maximum Gasteiger partial charge on any atom is 0.163 e. The normalized spacial score (nSPS) is 13.6. The van der Waals surface area contributed by atoms with Crippen LogP contribution in [0.4, 0.5) is 0 Å². The summed E-state index contributed by atoms with van der Waals surface area (Å²) in [6, 6.07) is 10.1. The highest BCUT2D eigenvalue weighted by Gasteiger charge is 2.19. The molecule has 0 fully saturated rings. The Morgan fingerprint density at radius 1 is 1.50 bits per heavy atom. The molecule has 0 amide bonds. The molecule has 0 unspecified atom stereocenters. The maximum atomic E-state index is 9.13. The third-order valence-corrected chi connectivity index (χ3v) is 3.42. The summed E-state index contributed by atoms with van der Waals surface area (Å²) in [6.07, 6.45) is 0. The summed E-state index contributed by atoms with van der Waals surface area (Å²) in [5.41, 5.74) is 2.62. The molecule has 0 radical (unpaired) electrons. The van der Waals surface area contributed by atoms with Crippen molar-refractivity contribution in [3.63, 3.8) is 0 Å². The lowest BCUT2D eigenvalue weighted by molar-refractivity contribution is 0.286. The number of ether oxygens (including phenoxy) is 1. The molecule has 5 heteroatoms. The molecule has 3 rings (SSSR count). The van der Waals surface area contributed by atoms with Gasteiger partial charge in [0.2, 0.25) is 0 Å². The zero-order valence-electron chi connectivity index (χ0n) is 11.4. The molecule has 1 aromatic carbocycles. The van der Waals surface area contributed by atoms with Gasteiger partial charge in [-0.3, -0.25) is 0 Å². The summed E-state index contributed by atoms with van der Waals surface area (Å²) < 4.78 is 7.87. The Kier molecular flexibility index (Phi) is 3.40. The number of nitrogens with zero attached hydrogens (tertiary/aromatic N) is 3. The molecule has 1 aliphatic rings. The fourth-order valence-electron chi connectivity index (χ4n) is 2.43. The zero-order chi connectivity index (χ0) is 13.9. The van der Waals surface area contributed by atoms with E-state index in [9.17, 15) is 0 Å². The number of nitrogens with one attached hydrogen (secondary N) is 1. The monoisotopic (exact) mass is 268 g/mol. The van der Waals surface area contributed by atoms with Crippen LogP contribution < -0.4 is 10.1 Å². The second-order valence-corrected chi connectivity index (χ2v) is 4.87. The summed E-state index contributed by atoms with van der Waals surface area (Å²) in [5, 5.41) is 12.4. The third-order valence-electron chi connectivity index (χ3n) is 3.42. The first-order chi connectivity index (χ1) is 9.78. The number of hydrogen-bond acceptors (Lipinski definition) is 4. The van der Waals surface area contributed by atoms with E-state index >= 15 is 0 Å². The summed E-state index contributed by atoms with van der Waals surface area (Å²) in [7, 11) is 0. The zero-order valence-corrected chi connectivity index (χ0v) is 11.4. The molecule has 2 heterocycles. The highest BCUT2D eigenvalue weighted by molar-refractivity contribution is 5.31. The van der Waals surface area contributed by atoms with Gasteiger partial charge >= 0.3 is 0 Å². The fourth-order valence-corrected chi connectivity index (χ4v) is 2.43. The first-order valence-electron chi connectivity index (χ1n) is 6.66. The van der Waals surface area contributed by atoms with Crippen molar-refractivity contribution in [1.82, 2.24) is 14.9 Å².